The number of aliphatic hydroxyl groups is 1. The Morgan fingerprint density at radius 2 is 1.62 bits per heavy atom. The molecule has 94 valence electrons. The van der Waals surface area contributed by atoms with Crippen LogP contribution in [0.5, 0.6) is 0 Å². The Morgan fingerprint density at radius 1 is 0.938 bits per heavy atom. The minimum atomic E-state index is -0.317. The minimum absolute atomic E-state index is 0.317. The molecule has 1 N–H and O–H groups in total. The number of hydrogen-bond donors (Lipinski definition) is 1. The lowest BCUT2D eigenvalue weighted by Crippen LogP contribution is -2.30. The molecule has 16 heavy (non-hydrogen) atoms. The van der Waals surface area contributed by atoms with Crippen molar-refractivity contribution in [1.29, 1.82) is 0 Å². The van der Waals surface area contributed by atoms with Crippen molar-refractivity contribution in [2.75, 3.05) is 0 Å². The Hall–Kier alpha value is -0.0400. The first-order valence-electron chi connectivity index (χ1n) is 7.22. The van der Waals surface area contributed by atoms with Crippen molar-refractivity contribution < 1.29 is 5.11 Å². The van der Waals surface area contributed by atoms with Crippen LogP contribution in [-0.2, 0) is 0 Å². The van der Waals surface area contributed by atoms with Gasteiger partial charge in [-0.1, -0.05) is 46.0 Å². The predicted octanol–water partition coefficient (Wildman–Crippen LogP) is 4.29. The van der Waals surface area contributed by atoms with Gasteiger partial charge in [0, 0.05) is 0 Å². The molecular weight excluding hydrogens is 196 g/mol. The van der Waals surface area contributed by atoms with Gasteiger partial charge in [-0.05, 0) is 43.4 Å². The zero-order chi connectivity index (χ0) is 11.6. The first-order valence-corrected chi connectivity index (χ1v) is 7.22. The second-order valence-electron chi connectivity index (χ2n) is 7.10. The van der Waals surface area contributed by atoms with Gasteiger partial charge in [0.25, 0.3) is 0 Å². The van der Waals surface area contributed by atoms with Gasteiger partial charge in [0.15, 0.2) is 0 Å². The second-order valence-corrected chi connectivity index (χ2v) is 7.10. The van der Waals surface area contributed by atoms with Gasteiger partial charge < -0.3 is 5.11 Å². The van der Waals surface area contributed by atoms with Gasteiger partial charge in [-0.3, -0.25) is 0 Å². The third kappa shape index (κ3) is 3.23. The fourth-order valence-electron chi connectivity index (χ4n) is 3.67. The zero-order valence-electron chi connectivity index (χ0n) is 11.1. The van der Waals surface area contributed by atoms with Crippen LogP contribution >= 0.6 is 0 Å². The van der Waals surface area contributed by atoms with E-state index in [9.17, 15) is 5.11 Å². The summed E-state index contributed by atoms with van der Waals surface area (Å²) in [6.45, 7) is 4.71. The van der Waals surface area contributed by atoms with Crippen LogP contribution in [0, 0.1) is 11.3 Å². The summed E-state index contributed by atoms with van der Waals surface area (Å²) in [6, 6.07) is 0. The van der Waals surface area contributed by atoms with Crippen molar-refractivity contribution in [2.45, 2.75) is 83.7 Å². The largest absolute Gasteiger partial charge is 0.390 e. The fraction of sp³-hybridized carbons (Fsp3) is 1.00. The molecule has 0 bridgehead atoms. The number of rotatable bonds is 2. The fourth-order valence-corrected chi connectivity index (χ4v) is 3.67. The lowest BCUT2D eigenvalue weighted by molar-refractivity contribution is -0.000406. The van der Waals surface area contributed by atoms with Crippen molar-refractivity contribution in [1.82, 2.24) is 0 Å². The molecule has 0 aliphatic heterocycles. The predicted molar refractivity (Wildman–Crippen MR) is 68.4 cm³/mol. The maximum Gasteiger partial charge on any atom is 0.0650 e. The molecule has 1 heteroatoms. The summed E-state index contributed by atoms with van der Waals surface area (Å²) in [5.41, 5.74) is 0.142. The quantitative estimate of drug-likeness (QED) is 0.694. The first-order chi connectivity index (χ1) is 7.49. The molecule has 2 aliphatic carbocycles. The van der Waals surface area contributed by atoms with Crippen molar-refractivity contribution in [3.8, 4) is 0 Å². The third-order valence-corrected chi connectivity index (χ3v) is 4.91. The van der Waals surface area contributed by atoms with E-state index in [-0.39, 0.29) is 5.60 Å². The molecule has 0 radical (unpaired) electrons. The second kappa shape index (κ2) is 4.68. The van der Waals surface area contributed by atoms with E-state index in [0.29, 0.717) is 5.41 Å². The molecule has 0 heterocycles. The van der Waals surface area contributed by atoms with Gasteiger partial charge in [0.05, 0.1) is 5.60 Å². The molecule has 0 saturated heterocycles. The number of hydrogen-bond acceptors (Lipinski definition) is 1. The van der Waals surface area contributed by atoms with Crippen LogP contribution in [0.3, 0.4) is 0 Å². The van der Waals surface area contributed by atoms with Crippen LogP contribution in [0.4, 0.5) is 0 Å². The first kappa shape index (κ1) is 12.4. The van der Waals surface area contributed by atoms with Crippen LogP contribution in [0.2, 0.25) is 0 Å². The van der Waals surface area contributed by atoms with E-state index in [1.54, 1.807) is 0 Å². The highest BCUT2D eigenvalue weighted by Gasteiger charge is 2.36. The molecule has 0 aromatic rings. The van der Waals surface area contributed by atoms with E-state index in [0.717, 1.165) is 25.2 Å². The lowest BCUT2D eigenvalue weighted by atomic mass is 9.81. The molecule has 0 spiro atoms. The standard InChI is InChI=1S/C15H28O/c1-14(2)8-5-9-15(16,11-10-14)12-13-6-3-4-7-13/h13,16H,3-12H2,1-2H3. The van der Waals surface area contributed by atoms with Crippen molar-refractivity contribution in [3.05, 3.63) is 0 Å². The summed E-state index contributed by atoms with van der Waals surface area (Å²) in [7, 11) is 0. The van der Waals surface area contributed by atoms with Gasteiger partial charge >= 0.3 is 0 Å². The van der Waals surface area contributed by atoms with Gasteiger partial charge in [-0.25, -0.2) is 0 Å². The smallest absolute Gasteiger partial charge is 0.0650 e. The maximum absolute atomic E-state index is 10.7. The Bertz CT molecular complexity index is 228. The van der Waals surface area contributed by atoms with Gasteiger partial charge in [0.1, 0.15) is 0 Å². The van der Waals surface area contributed by atoms with E-state index in [1.165, 1.54) is 44.9 Å². The van der Waals surface area contributed by atoms with E-state index >= 15 is 0 Å². The molecule has 2 aliphatic rings. The van der Waals surface area contributed by atoms with Crippen LogP contribution in [0.1, 0.15) is 78.1 Å². The molecule has 2 rings (SSSR count). The summed E-state index contributed by atoms with van der Waals surface area (Å²) in [5.74, 6) is 0.825. The third-order valence-electron chi connectivity index (χ3n) is 4.91. The van der Waals surface area contributed by atoms with E-state index < -0.39 is 0 Å². The highest BCUT2D eigenvalue weighted by Crippen LogP contribution is 2.42. The van der Waals surface area contributed by atoms with Gasteiger partial charge in [0.2, 0.25) is 0 Å². The molecular formula is C15H28O. The Balaban J connectivity index is 1.90. The SMILES string of the molecule is CC1(C)CCCC(O)(CC2CCCC2)CC1. The summed E-state index contributed by atoms with van der Waals surface area (Å²) in [6.07, 6.45) is 12.4. The molecule has 0 aromatic carbocycles. The topological polar surface area (TPSA) is 20.2 Å². The molecule has 1 nitrogen and oxygen atoms in total. The van der Waals surface area contributed by atoms with E-state index in [4.69, 9.17) is 0 Å². The van der Waals surface area contributed by atoms with Crippen LogP contribution < -0.4 is 0 Å². The molecule has 2 saturated carbocycles. The Labute approximate surface area is 101 Å². The molecule has 0 amide bonds. The summed E-state index contributed by atoms with van der Waals surface area (Å²) < 4.78 is 0. The van der Waals surface area contributed by atoms with E-state index in [2.05, 4.69) is 13.8 Å². The molecule has 1 atom stereocenters. The molecule has 2 fully saturated rings. The zero-order valence-corrected chi connectivity index (χ0v) is 11.1. The monoisotopic (exact) mass is 224 g/mol. The minimum Gasteiger partial charge on any atom is -0.390 e. The van der Waals surface area contributed by atoms with E-state index in [1.807, 2.05) is 0 Å². The van der Waals surface area contributed by atoms with Gasteiger partial charge in [-0.2, -0.15) is 0 Å². The van der Waals surface area contributed by atoms with Crippen molar-refractivity contribution in [2.24, 2.45) is 11.3 Å². The van der Waals surface area contributed by atoms with Crippen molar-refractivity contribution >= 4 is 0 Å². The summed E-state index contributed by atoms with van der Waals surface area (Å²) in [4.78, 5) is 0. The highest BCUT2D eigenvalue weighted by molar-refractivity contribution is 4.88. The van der Waals surface area contributed by atoms with Gasteiger partial charge in [-0.15, -0.1) is 0 Å². The lowest BCUT2D eigenvalue weighted by Gasteiger charge is -2.30. The molecule has 1 unspecified atom stereocenters. The van der Waals surface area contributed by atoms with Crippen molar-refractivity contribution in [3.63, 3.8) is 0 Å². The summed E-state index contributed by atoms with van der Waals surface area (Å²) >= 11 is 0. The highest BCUT2D eigenvalue weighted by atomic mass is 16.3. The van der Waals surface area contributed by atoms with Crippen LogP contribution in [0.15, 0.2) is 0 Å². The maximum atomic E-state index is 10.7. The normalized spacial score (nSPS) is 36.2. The average Bonchev–Trinajstić information content (AvgIpc) is 2.63. The summed E-state index contributed by atoms with van der Waals surface area (Å²) in [5, 5.41) is 10.7. The molecule has 0 aromatic heterocycles. The van der Waals surface area contributed by atoms with Crippen LogP contribution in [0.25, 0.3) is 0 Å². The van der Waals surface area contributed by atoms with Crippen LogP contribution in [-0.4, -0.2) is 10.7 Å². The Kier molecular flexibility index (Phi) is 3.63. The Morgan fingerprint density at radius 3 is 2.31 bits per heavy atom. The average molecular weight is 224 g/mol.